The molecule has 4 atom stereocenters. The molecule has 1 heterocycles. The van der Waals surface area contributed by atoms with Crippen molar-refractivity contribution in [3.8, 4) is 0 Å². The van der Waals surface area contributed by atoms with Crippen LogP contribution >= 0.6 is 0 Å². The maximum Gasteiger partial charge on any atom is 0.225 e. The predicted octanol–water partition coefficient (Wildman–Crippen LogP) is 1.30. The topological polar surface area (TPSA) is 49.6 Å². The van der Waals surface area contributed by atoms with Crippen LogP contribution in [0.2, 0.25) is 0 Å². The van der Waals surface area contributed by atoms with Crippen LogP contribution in [-0.4, -0.2) is 55.0 Å². The van der Waals surface area contributed by atoms with E-state index in [9.17, 15) is 4.79 Å². The van der Waals surface area contributed by atoms with Crippen LogP contribution in [0.25, 0.3) is 0 Å². The molecular weight excluding hydrogens is 238 g/mol. The molecular formula is C15H29N3O. The minimum atomic E-state index is 0.166. The van der Waals surface area contributed by atoms with Crippen molar-refractivity contribution >= 4 is 5.91 Å². The lowest BCUT2D eigenvalue weighted by atomic mass is 9.79. The fraction of sp³-hybridized carbons (Fsp3) is 0.933. The van der Waals surface area contributed by atoms with E-state index in [4.69, 9.17) is 5.73 Å². The van der Waals surface area contributed by atoms with E-state index in [1.165, 1.54) is 6.42 Å². The quantitative estimate of drug-likeness (QED) is 0.820. The van der Waals surface area contributed by atoms with Crippen molar-refractivity contribution in [3.05, 3.63) is 0 Å². The van der Waals surface area contributed by atoms with E-state index in [1.807, 2.05) is 0 Å². The Morgan fingerprint density at radius 2 is 2.00 bits per heavy atom. The minimum absolute atomic E-state index is 0.166. The van der Waals surface area contributed by atoms with Crippen LogP contribution in [0.5, 0.6) is 0 Å². The molecule has 4 nitrogen and oxygen atoms in total. The van der Waals surface area contributed by atoms with Crippen LogP contribution in [0.3, 0.4) is 0 Å². The van der Waals surface area contributed by atoms with Crippen molar-refractivity contribution in [2.45, 2.75) is 51.1 Å². The van der Waals surface area contributed by atoms with E-state index in [0.29, 0.717) is 17.9 Å². The Bertz CT molecular complexity index is 309. The van der Waals surface area contributed by atoms with Gasteiger partial charge in [-0.3, -0.25) is 4.79 Å². The van der Waals surface area contributed by atoms with Gasteiger partial charge in [0.15, 0.2) is 0 Å². The largest absolute Gasteiger partial charge is 0.341 e. The molecule has 0 aromatic heterocycles. The van der Waals surface area contributed by atoms with Gasteiger partial charge in [0, 0.05) is 31.1 Å². The third-order valence-electron chi connectivity index (χ3n) is 4.77. The van der Waals surface area contributed by atoms with E-state index >= 15 is 0 Å². The number of carbonyl (C=O) groups is 1. The summed E-state index contributed by atoms with van der Waals surface area (Å²) in [5.41, 5.74) is 6.08. The van der Waals surface area contributed by atoms with Crippen LogP contribution in [-0.2, 0) is 4.79 Å². The number of piperidine rings is 1. The number of amides is 1. The molecule has 0 bridgehead atoms. The third-order valence-corrected chi connectivity index (χ3v) is 4.77. The molecule has 0 spiro atoms. The van der Waals surface area contributed by atoms with Gasteiger partial charge in [-0.15, -0.1) is 0 Å². The number of hydrogen-bond acceptors (Lipinski definition) is 3. The van der Waals surface area contributed by atoms with Crippen molar-refractivity contribution in [2.75, 3.05) is 27.2 Å². The first-order valence-corrected chi connectivity index (χ1v) is 7.68. The maximum absolute atomic E-state index is 12.7. The number of nitrogens with zero attached hydrogens (tertiary/aromatic N) is 2. The zero-order valence-electron chi connectivity index (χ0n) is 12.6. The number of likely N-dealkylation sites (tertiary alicyclic amines) is 1. The van der Waals surface area contributed by atoms with Gasteiger partial charge in [0.1, 0.15) is 0 Å². The van der Waals surface area contributed by atoms with Crippen LogP contribution in [0.15, 0.2) is 0 Å². The Morgan fingerprint density at radius 1 is 1.26 bits per heavy atom. The van der Waals surface area contributed by atoms with E-state index in [-0.39, 0.29) is 12.0 Å². The smallest absolute Gasteiger partial charge is 0.225 e. The molecule has 1 aliphatic heterocycles. The summed E-state index contributed by atoms with van der Waals surface area (Å²) >= 11 is 0. The van der Waals surface area contributed by atoms with Crippen molar-refractivity contribution < 1.29 is 4.79 Å². The van der Waals surface area contributed by atoms with Gasteiger partial charge >= 0.3 is 0 Å². The number of nitrogens with two attached hydrogens (primary N) is 1. The van der Waals surface area contributed by atoms with Crippen molar-refractivity contribution in [3.63, 3.8) is 0 Å². The van der Waals surface area contributed by atoms with Crippen molar-refractivity contribution in [1.82, 2.24) is 9.80 Å². The van der Waals surface area contributed by atoms with Gasteiger partial charge < -0.3 is 15.5 Å². The Kier molecular flexibility index (Phi) is 4.85. The molecule has 1 saturated carbocycles. The highest BCUT2D eigenvalue weighted by Crippen LogP contribution is 2.30. The minimum Gasteiger partial charge on any atom is -0.341 e. The molecule has 4 heteroatoms. The van der Waals surface area contributed by atoms with Crippen LogP contribution < -0.4 is 5.73 Å². The van der Waals surface area contributed by atoms with Crippen LogP contribution in [0.1, 0.15) is 39.0 Å². The summed E-state index contributed by atoms with van der Waals surface area (Å²) in [4.78, 5) is 17.0. The van der Waals surface area contributed by atoms with E-state index in [1.54, 1.807) is 0 Å². The Labute approximate surface area is 117 Å². The number of likely N-dealkylation sites (N-methyl/N-ethyl adjacent to an activating group) is 1. The molecule has 1 aliphatic carbocycles. The highest BCUT2D eigenvalue weighted by Gasteiger charge is 2.34. The first-order valence-electron chi connectivity index (χ1n) is 7.68. The standard InChI is InChI=1S/C15H29N3O/c1-11-7-12(9-13(16)8-11)15(19)18-6-4-5-14(10-18)17(2)3/h11-14H,4-10,16H2,1-3H3. The first kappa shape index (κ1) is 14.8. The fourth-order valence-corrected chi connectivity index (χ4v) is 3.69. The van der Waals surface area contributed by atoms with Crippen LogP contribution in [0, 0.1) is 11.8 Å². The summed E-state index contributed by atoms with van der Waals surface area (Å²) in [5.74, 6) is 1.11. The molecule has 2 N–H and O–H groups in total. The normalized spacial score (nSPS) is 36.6. The van der Waals surface area contributed by atoms with Crippen molar-refractivity contribution in [1.29, 1.82) is 0 Å². The van der Waals surface area contributed by atoms with Gasteiger partial charge in [0.2, 0.25) is 5.91 Å². The Hall–Kier alpha value is -0.610. The predicted molar refractivity (Wildman–Crippen MR) is 77.8 cm³/mol. The molecule has 2 rings (SSSR count). The third kappa shape index (κ3) is 3.69. The second kappa shape index (κ2) is 6.23. The highest BCUT2D eigenvalue weighted by atomic mass is 16.2. The summed E-state index contributed by atoms with van der Waals surface area (Å²) in [7, 11) is 4.22. The van der Waals surface area contributed by atoms with E-state index in [0.717, 1.165) is 38.8 Å². The van der Waals surface area contributed by atoms with Gasteiger partial charge in [-0.05, 0) is 52.1 Å². The lowest BCUT2D eigenvalue weighted by Gasteiger charge is -2.39. The highest BCUT2D eigenvalue weighted by molar-refractivity contribution is 5.79. The molecule has 1 saturated heterocycles. The van der Waals surface area contributed by atoms with Crippen molar-refractivity contribution in [2.24, 2.45) is 17.6 Å². The zero-order valence-corrected chi connectivity index (χ0v) is 12.6. The second-order valence-corrected chi connectivity index (χ2v) is 6.81. The van der Waals surface area contributed by atoms with Crippen LogP contribution in [0.4, 0.5) is 0 Å². The molecule has 0 radical (unpaired) electrons. The van der Waals surface area contributed by atoms with E-state index < -0.39 is 0 Å². The summed E-state index contributed by atoms with van der Waals surface area (Å²) in [5, 5.41) is 0. The van der Waals surface area contributed by atoms with Gasteiger partial charge in [-0.2, -0.15) is 0 Å². The second-order valence-electron chi connectivity index (χ2n) is 6.81. The SMILES string of the molecule is CC1CC(N)CC(C(=O)N2CCCC(N(C)C)C2)C1. The number of carbonyl (C=O) groups excluding carboxylic acids is 1. The zero-order chi connectivity index (χ0) is 14.0. The average Bonchev–Trinajstić information content (AvgIpc) is 2.37. The Morgan fingerprint density at radius 3 is 2.63 bits per heavy atom. The monoisotopic (exact) mass is 267 g/mol. The summed E-state index contributed by atoms with van der Waals surface area (Å²) < 4.78 is 0. The summed E-state index contributed by atoms with van der Waals surface area (Å²) in [6.45, 7) is 4.05. The molecule has 4 unspecified atom stereocenters. The molecule has 2 fully saturated rings. The molecule has 19 heavy (non-hydrogen) atoms. The summed E-state index contributed by atoms with van der Waals surface area (Å²) in [6, 6.07) is 0.736. The number of rotatable bonds is 2. The molecule has 0 aromatic rings. The average molecular weight is 267 g/mol. The number of hydrogen-bond donors (Lipinski definition) is 1. The van der Waals surface area contributed by atoms with Gasteiger partial charge in [-0.25, -0.2) is 0 Å². The fourth-order valence-electron chi connectivity index (χ4n) is 3.69. The van der Waals surface area contributed by atoms with Gasteiger partial charge in [0.25, 0.3) is 0 Å². The molecule has 110 valence electrons. The lowest BCUT2D eigenvalue weighted by molar-refractivity contribution is -0.139. The van der Waals surface area contributed by atoms with Gasteiger partial charge in [0.05, 0.1) is 0 Å². The maximum atomic E-state index is 12.7. The van der Waals surface area contributed by atoms with E-state index in [2.05, 4.69) is 30.8 Å². The lowest BCUT2D eigenvalue weighted by Crippen LogP contribution is -2.50. The molecule has 2 aliphatic rings. The van der Waals surface area contributed by atoms with Gasteiger partial charge in [-0.1, -0.05) is 6.92 Å². The summed E-state index contributed by atoms with van der Waals surface area (Å²) in [6.07, 6.45) is 5.31. The molecule has 0 aromatic carbocycles. The molecule has 1 amide bonds. The Balaban J connectivity index is 1.95. The first-order chi connectivity index (χ1) is 8.97.